The first-order valence-electron chi connectivity index (χ1n) is 6.41. The van der Waals surface area contributed by atoms with Crippen molar-refractivity contribution in [2.75, 3.05) is 0 Å². The Morgan fingerprint density at radius 1 is 1.23 bits per heavy atom. The molecule has 1 aromatic rings. The molecule has 1 unspecified atom stereocenters. The lowest BCUT2D eigenvalue weighted by molar-refractivity contribution is -0.274. The minimum absolute atomic E-state index is 0.110. The van der Waals surface area contributed by atoms with Crippen LogP contribution in [-0.2, 0) is 4.79 Å². The third kappa shape index (κ3) is 4.49. The summed E-state index contributed by atoms with van der Waals surface area (Å²) in [7, 11) is 0. The van der Waals surface area contributed by atoms with Crippen LogP contribution in [0.25, 0.3) is 6.08 Å². The molecule has 0 aliphatic heterocycles. The zero-order valence-electron chi connectivity index (χ0n) is 11.5. The largest absolute Gasteiger partial charge is 0.573 e. The highest BCUT2D eigenvalue weighted by atomic mass is 35.5. The topological polar surface area (TPSA) is 26.3 Å². The van der Waals surface area contributed by atoms with Gasteiger partial charge in [0.25, 0.3) is 0 Å². The number of allylic oxidation sites excluding steroid dienone is 5. The number of hydrogen-bond donors (Lipinski definition) is 0. The monoisotopic (exact) mass is 328 g/mol. The van der Waals surface area contributed by atoms with Crippen LogP contribution in [-0.4, -0.2) is 12.1 Å². The second kappa shape index (κ2) is 6.40. The maximum absolute atomic E-state index is 12.2. The summed E-state index contributed by atoms with van der Waals surface area (Å²) in [4.78, 5) is 11.7. The molecule has 6 heteroatoms. The number of carbonyl (C=O) groups excluding carboxylic acids is 1. The zero-order chi connectivity index (χ0) is 16.3. The van der Waals surface area contributed by atoms with E-state index in [4.69, 9.17) is 11.6 Å². The van der Waals surface area contributed by atoms with Crippen molar-refractivity contribution in [1.82, 2.24) is 0 Å². The van der Waals surface area contributed by atoms with E-state index in [2.05, 4.69) is 4.74 Å². The Hall–Kier alpha value is -2.01. The Labute approximate surface area is 130 Å². The van der Waals surface area contributed by atoms with Crippen LogP contribution in [0.1, 0.15) is 12.5 Å². The molecule has 1 aliphatic rings. The molecule has 0 saturated heterocycles. The molecule has 0 amide bonds. The van der Waals surface area contributed by atoms with Gasteiger partial charge in [-0.25, -0.2) is 0 Å². The van der Waals surface area contributed by atoms with Crippen molar-refractivity contribution >= 4 is 23.5 Å². The summed E-state index contributed by atoms with van der Waals surface area (Å²) < 4.78 is 40.3. The van der Waals surface area contributed by atoms with Gasteiger partial charge in [0.05, 0.1) is 5.92 Å². The number of ketones is 1. The predicted molar refractivity (Wildman–Crippen MR) is 78.3 cm³/mol. The van der Waals surface area contributed by atoms with Gasteiger partial charge >= 0.3 is 6.36 Å². The lowest BCUT2D eigenvalue weighted by Crippen LogP contribution is -2.17. The molecule has 0 spiro atoms. The summed E-state index contributed by atoms with van der Waals surface area (Å²) in [5.74, 6) is -0.769. The van der Waals surface area contributed by atoms with Crippen molar-refractivity contribution in [3.63, 3.8) is 0 Å². The van der Waals surface area contributed by atoms with Crippen molar-refractivity contribution in [1.29, 1.82) is 0 Å². The van der Waals surface area contributed by atoms with Gasteiger partial charge in [-0.3, -0.25) is 4.79 Å². The fourth-order valence-corrected chi connectivity index (χ4v) is 2.09. The van der Waals surface area contributed by atoms with Crippen LogP contribution in [0.3, 0.4) is 0 Å². The highest BCUT2D eigenvalue weighted by Crippen LogP contribution is 2.26. The Kier molecular flexibility index (Phi) is 4.76. The third-order valence-corrected chi connectivity index (χ3v) is 3.45. The van der Waals surface area contributed by atoms with E-state index in [0.29, 0.717) is 16.2 Å². The minimum Gasteiger partial charge on any atom is -0.406 e. The van der Waals surface area contributed by atoms with Crippen LogP contribution in [0.4, 0.5) is 13.2 Å². The van der Waals surface area contributed by atoms with E-state index in [1.165, 1.54) is 24.3 Å². The second-order valence-electron chi connectivity index (χ2n) is 4.75. The van der Waals surface area contributed by atoms with Crippen LogP contribution in [0.5, 0.6) is 5.75 Å². The number of alkyl halides is 3. The van der Waals surface area contributed by atoms with Gasteiger partial charge in [-0.1, -0.05) is 42.8 Å². The molecule has 2 rings (SSSR count). The summed E-state index contributed by atoms with van der Waals surface area (Å²) in [6.45, 7) is 1.70. The summed E-state index contributed by atoms with van der Waals surface area (Å²) in [5.41, 5.74) is 1.11. The van der Waals surface area contributed by atoms with Gasteiger partial charge < -0.3 is 4.74 Å². The van der Waals surface area contributed by atoms with Crippen LogP contribution >= 0.6 is 11.6 Å². The third-order valence-electron chi connectivity index (χ3n) is 3.01. The van der Waals surface area contributed by atoms with Crippen molar-refractivity contribution < 1.29 is 22.7 Å². The van der Waals surface area contributed by atoms with E-state index >= 15 is 0 Å². The average molecular weight is 329 g/mol. The van der Waals surface area contributed by atoms with Crippen molar-refractivity contribution in [2.45, 2.75) is 13.3 Å². The van der Waals surface area contributed by atoms with E-state index in [9.17, 15) is 18.0 Å². The summed E-state index contributed by atoms with van der Waals surface area (Å²) in [6.07, 6.45) is 1.56. The molecule has 2 nitrogen and oxygen atoms in total. The van der Waals surface area contributed by atoms with Gasteiger partial charge in [-0.2, -0.15) is 0 Å². The number of ether oxygens (including phenoxy) is 1. The van der Waals surface area contributed by atoms with Gasteiger partial charge in [0, 0.05) is 5.03 Å². The molecule has 0 saturated carbocycles. The Bertz CT molecular complexity index is 672. The quantitative estimate of drug-likeness (QED) is 0.791. The van der Waals surface area contributed by atoms with Gasteiger partial charge in [0.1, 0.15) is 5.75 Å². The molecule has 1 aromatic carbocycles. The molecule has 0 aromatic heterocycles. The average Bonchev–Trinajstić information content (AvgIpc) is 2.41. The van der Waals surface area contributed by atoms with E-state index in [1.807, 2.05) is 0 Å². The number of halogens is 4. The van der Waals surface area contributed by atoms with Crippen LogP contribution in [0.15, 0.2) is 53.1 Å². The van der Waals surface area contributed by atoms with Gasteiger partial charge in [0.2, 0.25) is 0 Å². The maximum atomic E-state index is 12.2. The van der Waals surface area contributed by atoms with E-state index in [1.54, 1.807) is 31.2 Å². The van der Waals surface area contributed by atoms with Crippen molar-refractivity contribution in [3.8, 4) is 5.75 Å². The first kappa shape index (κ1) is 16.4. The highest BCUT2D eigenvalue weighted by Gasteiger charge is 2.31. The Balaban J connectivity index is 2.16. The van der Waals surface area contributed by atoms with Gasteiger partial charge in [0.15, 0.2) is 5.78 Å². The molecule has 0 N–H and O–H groups in total. The summed E-state index contributed by atoms with van der Waals surface area (Å²) in [6, 6.07) is 5.54. The van der Waals surface area contributed by atoms with Crippen LogP contribution < -0.4 is 4.74 Å². The van der Waals surface area contributed by atoms with E-state index in [0.717, 1.165) is 0 Å². The first-order valence-corrected chi connectivity index (χ1v) is 6.79. The molecule has 0 fully saturated rings. The molecular weight excluding hydrogens is 317 g/mol. The molecule has 0 radical (unpaired) electrons. The van der Waals surface area contributed by atoms with E-state index < -0.39 is 6.36 Å². The maximum Gasteiger partial charge on any atom is 0.573 e. The molecule has 22 heavy (non-hydrogen) atoms. The normalized spacial score (nSPS) is 19.1. The summed E-state index contributed by atoms with van der Waals surface area (Å²) >= 11 is 5.96. The molecule has 0 bridgehead atoms. The number of benzene rings is 1. The zero-order valence-corrected chi connectivity index (χ0v) is 12.3. The molecule has 0 heterocycles. The van der Waals surface area contributed by atoms with Gasteiger partial charge in [-0.05, 0) is 35.4 Å². The number of hydrogen-bond acceptors (Lipinski definition) is 2. The fourth-order valence-electron chi connectivity index (χ4n) is 1.86. The molecular formula is C16H12ClF3O2. The van der Waals surface area contributed by atoms with Gasteiger partial charge in [-0.15, -0.1) is 13.2 Å². The standard InChI is InChI=1S/C16H12ClF3O2/c1-10-14(17)8-12(9-15(10)21)6-5-11-3-2-4-13(7-11)22-16(18,19)20/h2-10H,1H3/b6-5+. The van der Waals surface area contributed by atoms with E-state index in [-0.39, 0.29) is 17.5 Å². The first-order chi connectivity index (χ1) is 10.2. The Morgan fingerprint density at radius 3 is 2.59 bits per heavy atom. The molecule has 1 aliphatic carbocycles. The second-order valence-corrected chi connectivity index (χ2v) is 5.19. The van der Waals surface area contributed by atoms with Crippen molar-refractivity contribution in [2.24, 2.45) is 5.92 Å². The Morgan fingerprint density at radius 2 is 1.95 bits per heavy atom. The summed E-state index contributed by atoms with van der Waals surface area (Å²) in [5, 5.41) is 0.432. The fraction of sp³-hybridized carbons (Fsp3) is 0.188. The predicted octanol–water partition coefficient (Wildman–Crippen LogP) is 4.87. The van der Waals surface area contributed by atoms with Crippen LogP contribution in [0.2, 0.25) is 0 Å². The minimum atomic E-state index is -4.73. The SMILES string of the molecule is CC1C(=O)C=C(/C=C/c2cccc(OC(F)(F)F)c2)C=C1Cl. The molecule has 116 valence electrons. The lowest BCUT2D eigenvalue weighted by atomic mass is 9.96. The number of rotatable bonds is 3. The van der Waals surface area contributed by atoms with Crippen LogP contribution in [0, 0.1) is 5.92 Å². The smallest absolute Gasteiger partial charge is 0.406 e. The van der Waals surface area contributed by atoms with Crippen molar-refractivity contribution in [3.05, 3.63) is 58.7 Å². The lowest BCUT2D eigenvalue weighted by Gasteiger charge is -2.12. The highest BCUT2D eigenvalue weighted by molar-refractivity contribution is 6.32. The molecule has 1 atom stereocenters. The number of carbonyl (C=O) groups is 1.